The van der Waals surface area contributed by atoms with Gasteiger partial charge in [0.2, 0.25) is 0 Å². The van der Waals surface area contributed by atoms with E-state index in [-0.39, 0.29) is 12.4 Å². The molecule has 2 aromatic rings. The first-order chi connectivity index (χ1) is 12.9. The summed E-state index contributed by atoms with van der Waals surface area (Å²) in [7, 11) is 0. The SMILES string of the molecule is Cc1ccc(C2=CC3(CCN(CC(=O)O)CC3)Oc3cc(F)ccc32)cc1. The quantitative estimate of drug-likeness (QED) is 0.895. The molecule has 0 saturated carbocycles. The second-order valence-electron chi connectivity index (χ2n) is 7.40. The molecule has 0 unspecified atom stereocenters. The number of piperidine rings is 1. The van der Waals surface area contributed by atoms with Crippen LogP contribution in [0.2, 0.25) is 0 Å². The lowest BCUT2D eigenvalue weighted by Gasteiger charge is -2.42. The number of hydrogen-bond donors (Lipinski definition) is 1. The molecule has 2 heterocycles. The third-order valence-electron chi connectivity index (χ3n) is 5.38. The molecule has 0 radical (unpaired) electrons. The summed E-state index contributed by atoms with van der Waals surface area (Å²) in [6, 6.07) is 13.0. The van der Waals surface area contributed by atoms with E-state index in [9.17, 15) is 9.18 Å². The molecule has 4 rings (SSSR count). The molecule has 2 aliphatic rings. The van der Waals surface area contributed by atoms with E-state index in [1.165, 1.54) is 17.7 Å². The van der Waals surface area contributed by atoms with Gasteiger partial charge in [-0.15, -0.1) is 0 Å². The van der Waals surface area contributed by atoms with E-state index >= 15 is 0 Å². The molecule has 0 atom stereocenters. The van der Waals surface area contributed by atoms with Crippen LogP contribution in [0.25, 0.3) is 5.57 Å². The topological polar surface area (TPSA) is 49.8 Å². The van der Waals surface area contributed by atoms with Gasteiger partial charge in [-0.3, -0.25) is 9.69 Å². The average molecular weight is 367 g/mol. The Bertz CT molecular complexity index is 896. The van der Waals surface area contributed by atoms with E-state index in [2.05, 4.69) is 30.3 Å². The zero-order chi connectivity index (χ0) is 19.0. The molecule has 2 aromatic carbocycles. The standard InChI is InChI=1S/C22H22FNO3/c1-15-2-4-16(5-3-15)19-13-22(8-10-24(11-9-22)14-21(25)26)27-20-12-17(23)6-7-18(19)20/h2-7,12-13H,8-11,14H2,1H3,(H,25,26). The number of hydrogen-bond acceptors (Lipinski definition) is 3. The maximum Gasteiger partial charge on any atom is 0.317 e. The number of halogens is 1. The van der Waals surface area contributed by atoms with Gasteiger partial charge >= 0.3 is 5.97 Å². The minimum Gasteiger partial charge on any atom is -0.482 e. The Morgan fingerprint density at radius 3 is 2.56 bits per heavy atom. The van der Waals surface area contributed by atoms with Crippen LogP contribution in [-0.4, -0.2) is 41.2 Å². The fourth-order valence-corrected chi connectivity index (χ4v) is 3.89. The molecule has 1 N–H and O–H groups in total. The summed E-state index contributed by atoms with van der Waals surface area (Å²) in [6.07, 6.45) is 3.49. The normalized spacial score (nSPS) is 18.5. The molecule has 140 valence electrons. The highest BCUT2D eigenvalue weighted by atomic mass is 19.1. The summed E-state index contributed by atoms with van der Waals surface area (Å²) >= 11 is 0. The number of aliphatic carboxylic acids is 1. The number of rotatable bonds is 3. The maximum absolute atomic E-state index is 13.9. The lowest BCUT2D eigenvalue weighted by molar-refractivity contribution is -0.139. The Hall–Kier alpha value is -2.66. The Morgan fingerprint density at radius 1 is 1.19 bits per heavy atom. The number of ether oxygens (including phenoxy) is 1. The van der Waals surface area contributed by atoms with E-state index in [4.69, 9.17) is 9.84 Å². The van der Waals surface area contributed by atoms with Gasteiger partial charge in [-0.1, -0.05) is 29.8 Å². The number of carboxylic acids is 1. The first-order valence-corrected chi connectivity index (χ1v) is 9.17. The van der Waals surface area contributed by atoms with Gasteiger partial charge in [0.05, 0.1) is 6.54 Å². The molecule has 0 aromatic heterocycles. The Balaban J connectivity index is 1.71. The summed E-state index contributed by atoms with van der Waals surface area (Å²) in [5, 5.41) is 9.01. The van der Waals surface area contributed by atoms with Crippen molar-refractivity contribution in [3.8, 4) is 5.75 Å². The molecule has 4 nitrogen and oxygen atoms in total. The fraction of sp³-hybridized carbons (Fsp3) is 0.318. The van der Waals surface area contributed by atoms with Gasteiger partial charge in [-0.2, -0.15) is 0 Å². The highest BCUT2D eigenvalue weighted by molar-refractivity contribution is 5.85. The number of likely N-dealkylation sites (tertiary alicyclic amines) is 1. The Labute approximate surface area is 157 Å². The molecular formula is C22H22FNO3. The Morgan fingerprint density at radius 2 is 1.89 bits per heavy atom. The van der Waals surface area contributed by atoms with Gasteiger partial charge in [0.15, 0.2) is 0 Å². The van der Waals surface area contributed by atoms with Gasteiger partial charge in [0.25, 0.3) is 0 Å². The van der Waals surface area contributed by atoms with Crippen molar-refractivity contribution in [2.45, 2.75) is 25.4 Å². The lowest BCUT2D eigenvalue weighted by atomic mass is 9.83. The van der Waals surface area contributed by atoms with E-state index in [1.54, 1.807) is 6.07 Å². The number of benzene rings is 2. The van der Waals surface area contributed by atoms with Gasteiger partial charge in [-0.25, -0.2) is 4.39 Å². The van der Waals surface area contributed by atoms with Crippen LogP contribution in [0.15, 0.2) is 48.5 Å². The van der Waals surface area contributed by atoms with Crippen molar-refractivity contribution in [1.29, 1.82) is 0 Å². The smallest absolute Gasteiger partial charge is 0.317 e. The van der Waals surface area contributed by atoms with Crippen molar-refractivity contribution in [1.82, 2.24) is 4.90 Å². The van der Waals surface area contributed by atoms with Crippen LogP contribution in [-0.2, 0) is 4.79 Å². The van der Waals surface area contributed by atoms with Crippen molar-refractivity contribution in [2.75, 3.05) is 19.6 Å². The van der Waals surface area contributed by atoms with E-state index in [0.717, 1.165) is 16.7 Å². The molecule has 27 heavy (non-hydrogen) atoms. The summed E-state index contributed by atoms with van der Waals surface area (Å²) < 4.78 is 20.1. The zero-order valence-corrected chi connectivity index (χ0v) is 15.2. The lowest BCUT2D eigenvalue weighted by Crippen LogP contribution is -2.49. The first-order valence-electron chi connectivity index (χ1n) is 9.17. The Kier molecular flexibility index (Phi) is 4.48. The summed E-state index contributed by atoms with van der Waals surface area (Å²) in [5.41, 5.74) is 3.66. The maximum atomic E-state index is 13.9. The zero-order valence-electron chi connectivity index (χ0n) is 15.2. The highest BCUT2D eigenvalue weighted by Crippen LogP contribution is 2.43. The van der Waals surface area contributed by atoms with E-state index in [1.807, 2.05) is 11.8 Å². The number of nitrogens with zero attached hydrogens (tertiary/aromatic N) is 1. The van der Waals surface area contributed by atoms with Crippen molar-refractivity contribution in [2.24, 2.45) is 0 Å². The molecule has 0 aliphatic carbocycles. The minimum absolute atomic E-state index is 0.0375. The molecule has 0 bridgehead atoms. The highest BCUT2D eigenvalue weighted by Gasteiger charge is 2.39. The van der Waals surface area contributed by atoms with E-state index in [0.29, 0.717) is 31.7 Å². The number of carbonyl (C=O) groups is 1. The second kappa shape index (κ2) is 6.82. The van der Waals surface area contributed by atoms with Crippen molar-refractivity contribution in [3.05, 3.63) is 71.0 Å². The third kappa shape index (κ3) is 3.60. The number of carboxylic acid groups (broad SMARTS) is 1. The van der Waals surface area contributed by atoms with Crippen LogP contribution in [0.5, 0.6) is 5.75 Å². The largest absolute Gasteiger partial charge is 0.482 e. The van der Waals surface area contributed by atoms with Gasteiger partial charge in [0.1, 0.15) is 17.2 Å². The molecule has 1 spiro atoms. The third-order valence-corrected chi connectivity index (χ3v) is 5.38. The van der Waals surface area contributed by atoms with Gasteiger partial charge < -0.3 is 9.84 Å². The van der Waals surface area contributed by atoms with Crippen molar-refractivity contribution >= 4 is 11.5 Å². The molecule has 1 saturated heterocycles. The average Bonchev–Trinajstić information content (AvgIpc) is 2.63. The van der Waals surface area contributed by atoms with Crippen molar-refractivity contribution in [3.63, 3.8) is 0 Å². The van der Waals surface area contributed by atoms with Crippen LogP contribution in [0.4, 0.5) is 4.39 Å². The molecule has 5 heteroatoms. The number of fused-ring (bicyclic) bond motifs is 1. The fourth-order valence-electron chi connectivity index (χ4n) is 3.89. The van der Waals surface area contributed by atoms with Gasteiger partial charge in [-0.05, 0) is 36.3 Å². The van der Waals surface area contributed by atoms with Crippen LogP contribution in [0.1, 0.15) is 29.5 Å². The monoisotopic (exact) mass is 367 g/mol. The van der Waals surface area contributed by atoms with Gasteiger partial charge in [0, 0.05) is 37.6 Å². The van der Waals surface area contributed by atoms with Crippen molar-refractivity contribution < 1.29 is 19.0 Å². The first kappa shape index (κ1) is 17.7. The molecule has 1 fully saturated rings. The predicted molar refractivity (Wildman–Crippen MR) is 101 cm³/mol. The van der Waals surface area contributed by atoms with Crippen LogP contribution in [0.3, 0.4) is 0 Å². The second-order valence-corrected chi connectivity index (χ2v) is 7.40. The van der Waals surface area contributed by atoms with Crippen LogP contribution < -0.4 is 4.74 Å². The molecular weight excluding hydrogens is 345 g/mol. The molecule has 2 aliphatic heterocycles. The minimum atomic E-state index is -0.821. The van der Waals surface area contributed by atoms with Crippen LogP contribution in [0, 0.1) is 12.7 Å². The summed E-state index contributed by atoms with van der Waals surface area (Å²) in [5.74, 6) is -0.587. The predicted octanol–water partition coefficient (Wildman–Crippen LogP) is 3.88. The summed E-state index contributed by atoms with van der Waals surface area (Å²) in [6.45, 7) is 3.35. The molecule has 0 amide bonds. The van der Waals surface area contributed by atoms with E-state index < -0.39 is 11.6 Å². The van der Waals surface area contributed by atoms with Crippen LogP contribution >= 0.6 is 0 Å². The number of aryl methyl sites for hydroxylation is 1. The summed E-state index contributed by atoms with van der Waals surface area (Å²) in [4.78, 5) is 12.9.